The zero-order valence-corrected chi connectivity index (χ0v) is 15.4. The van der Waals surface area contributed by atoms with Crippen molar-refractivity contribution in [2.75, 3.05) is 12.3 Å². The molecule has 0 aromatic rings. The second-order valence-corrected chi connectivity index (χ2v) is 8.96. The van der Waals surface area contributed by atoms with E-state index in [1.165, 1.54) is 0 Å². The Morgan fingerprint density at radius 2 is 1.96 bits per heavy atom. The molecule has 2 rings (SSSR count). The van der Waals surface area contributed by atoms with E-state index in [0.717, 1.165) is 38.0 Å². The minimum Gasteiger partial charge on any atom is -0.332 e. The summed E-state index contributed by atoms with van der Waals surface area (Å²) in [5, 5.41) is 9.90. The summed E-state index contributed by atoms with van der Waals surface area (Å²) in [6.45, 7) is 7.33. The lowest BCUT2D eigenvalue weighted by molar-refractivity contribution is -0.119. The van der Waals surface area contributed by atoms with Gasteiger partial charge in [0.15, 0.2) is 0 Å². The molecule has 2 amide bonds. The first kappa shape index (κ1) is 18.6. The summed E-state index contributed by atoms with van der Waals surface area (Å²) in [4.78, 5) is 23.2. The summed E-state index contributed by atoms with van der Waals surface area (Å²) in [7, 11) is 0. The molecule has 23 heavy (non-hydrogen) atoms. The largest absolute Gasteiger partial charge is 0.332 e. The third-order valence-electron chi connectivity index (χ3n) is 4.42. The molecule has 2 aliphatic rings. The molecular formula is C17H31N3O2S. The van der Waals surface area contributed by atoms with Gasteiger partial charge in [-0.25, -0.2) is 4.79 Å². The molecule has 3 atom stereocenters. The van der Waals surface area contributed by atoms with Crippen LogP contribution in [-0.2, 0) is 4.79 Å². The second kappa shape index (κ2) is 8.38. The van der Waals surface area contributed by atoms with Gasteiger partial charge in [-0.1, -0.05) is 6.42 Å². The number of urea groups is 1. The number of ketones is 1. The standard InChI is InChI=1S/C17H31N3O2S/c1-17(2,3)18-10-6-8-12(21)7-4-5-9-14-15-13(11-23-14)19-16(22)20-15/h13-15,18H,4-11H2,1-3H3,(H2,19,20,22). The van der Waals surface area contributed by atoms with E-state index in [2.05, 4.69) is 36.7 Å². The van der Waals surface area contributed by atoms with Crippen molar-refractivity contribution in [3.63, 3.8) is 0 Å². The molecule has 3 unspecified atom stereocenters. The molecule has 0 aromatic carbocycles. The smallest absolute Gasteiger partial charge is 0.315 e. The van der Waals surface area contributed by atoms with Gasteiger partial charge in [0.1, 0.15) is 5.78 Å². The van der Waals surface area contributed by atoms with Crippen LogP contribution < -0.4 is 16.0 Å². The number of unbranched alkanes of at least 4 members (excludes halogenated alkanes) is 1. The van der Waals surface area contributed by atoms with Crippen molar-refractivity contribution in [1.29, 1.82) is 0 Å². The molecule has 0 aliphatic carbocycles. The minimum atomic E-state index is -0.0238. The molecule has 5 nitrogen and oxygen atoms in total. The van der Waals surface area contributed by atoms with E-state index in [0.29, 0.717) is 29.9 Å². The number of nitrogens with one attached hydrogen (secondary N) is 3. The van der Waals surface area contributed by atoms with Gasteiger partial charge in [-0.15, -0.1) is 0 Å². The highest BCUT2D eigenvalue weighted by Gasteiger charge is 2.42. The van der Waals surface area contributed by atoms with Gasteiger partial charge in [-0.3, -0.25) is 4.79 Å². The van der Waals surface area contributed by atoms with Gasteiger partial charge in [0.05, 0.1) is 12.1 Å². The van der Waals surface area contributed by atoms with E-state index < -0.39 is 0 Å². The van der Waals surface area contributed by atoms with E-state index in [9.17, 15) is 9.59 Å². The number of hydrogen-bond donors (Lipinski definition) is 3. The maximum atomic E-state index is 11.9. The van der Waals surface area contributed by atoms with Gasteiger partial charge in [-0.05, 0) is 46.6 Å². The highest BCUT2D eigenvalue weighted by molar-refractivity contribution is 8.00. The molecule has 3 N–H and O–H groups in total. The Balaban J connectivity index is 1.50. The topological polar surface area (TPSA) is 70.2 Å². The van der Waals surface area contributed by atoms with E-state index in [4.69, 9.17) is 0 Å². The number of rotatable bonds is 9. The Kier molecular flexibility index (Phi) is 6.77. The summed E-state index contributed by atoms with van der Waals surface area (Å²) >= 11 is 1.94. The van der Waals surface area contributed by atoms with E-state index >= 15 is 0 Å². The van der Waals surface area contributed by atoms with Gasteiger partial charge < -0.3 is 16.0 Å². The van der Waals surface area contributed by atoms with Gasteiger partial charge >= 0.3 is 6.03 Å². The number of carbonyl (C=O) groups excluding carboxylic acids is 2. The number of amides is 2. The molecule has 0 bridgehead atoms. The van der Waals surface area contributed by atoms with Crippen molar-refractivity contribution in [3.8, 4) is 0 Å². The van der Waals surface area contributed by atoms with E-state index in [1.54, 1.807) is 0 Å². The molecule has 6 heteroatoms. The lowest BCUT2D eigenvalue weighted by atomic mass is 10.0. The van der Waals surface area contributed by atoms with Crippen LogP contribution in [0.1, 0.15) is 59.3 Å². The molecule has 2 saturated heterocycles. The second-order valence-electron chi connectivity index (χ2n) is 7.69. The predicted molar refractivity (Wildman–Crippen MR) is 96.0 cm³/mol. The zero-order valence-electron chi connectivity index (χ0n) is 14.6. The molecule has 2 aliphatic heterocycles. The van der Waals surface area contributed by atoms with Gasteiger partial charge in [0, 0.05) is 29.4 Å². The third kappa shape index (κ3) is 6.34. The highest BCUT2D eigenvalue weighted by atomic mass is 32.2. The van der Waals surface area contributed by atoms with Crippen LogP contribution in [0.15, 0.2) is 0 Å². The Morgan fingerprint density at radius 3 is 2.70 bits per heavy atom. The van der Waals surface area contributed by atoms with Crippen molar-refractivity contribution in [2.45, 2.75) is 82.2 Å². The van der Waals surface area contributed by atoms with Crippen molar-refractivity contribution in [2.24, 2.45) is 0 Å². The first-order valence-corrected chi connectivity index (χ1v) is 9.85. The maximum Gasteiger partial charge on any atom is 0.315 e. The number of fused-ring (bicyclic) bond motifs is 1. The van der Waals surface area contributed by atoms with Crippen molar-refractivity contribution in [1.82, 2.24) is 16.0 Å². The number of thioether (sulfide) groups is 1. The lowest BCUT2D eigenvalue weighted by Crippen LogP contribution is -2.36. The fourth-order valence-electron chi connectivity index (χ4n) is 3.18. The number of carbonyl (C=O) groups is 2. The van der Waals surface area contributed by atoms with Crippen LogP contribution in [0.4, 0.5) is 4.79 Å². The van der Waals surface area contributed by atoms with E-state index in [-0.39, 0.29) is 17.6 Å². The fourth-order valence-corrected chi connectivity index (χ4v) is 4.73. The molecule has 0 spiro atoms. The maximum absolute atomic E-state index is 11.9. The molecule has 2 fully saturated rings. The zero-order chi connectivity index (χ0) is 16.9. The van der Waals surface area contributed by atoms with E-state index in [1.807, 2.05) is 11.8 Å². The quantitative estimate of drug-likeness (QED) is 0.445. The first-order valence-electron chi connectivity index (χ1n) is 8.80. The van der Waals surface area contributed by atoms with Crippen LogP contribution >= 0.6 is 11.8 Å². The molecular weight excluding hydrogens is 310 g/mol. The summed E-state index contributed by atoms with van der Waals surface area (Å²) in [6.07, 6.45) is 5.45. The van der Waals surface area contributed by atoms with Crippen LogP contribution in [0.25, 0.3) is 0 Å². The Hall–Kier alpha value is -0.750. The van der Waals surface area contributed by atoms with Crippen molar-refractivity contribution in [3.05, 3.63) is 0 Å². The Bertz CT molecular complexity index is 423. The van der Waals surface area contributed by atoms with Gasteiger partial charge in [0.25, 0.3) is 0 Å². The summed E-state index contributed by atoms with van der Waals surface area (Å²) in [5.74, 6) is 1.39. The monoisotopic (exact) mass is 341 g/mol. The molecule has 132 valence electrons. The molecule has 0 radical (unpaired) electrons. The highest BCUT2D eigenvalue weighted by Crippen LogP contribution is 2.33. The minimum absolute atomic E-state index is 0.0238. The Labute approximate surface area is 144 Å². The van der Waals surface area contributed by atoms with Crippen LogP contribution in [0.2, 0.25) is 0 Å². The molecule has 0 aromatic heterocycles. The lowest BCUT2D eigenvalue weighted by Gasteiger charge is -2.20. The van der Waals surface area contributed by atoms with Gasteiger partial charge in [0.2, 0.25) is 0 Å². The normalized spacial score (nSPS) is 26.7. The number of Topliss-reactive ketones (excluding diaryl/α,β-unsaturated/α-hetero) is 1. The van der Waals surface area contributed by atoms with Crippen molar-refractivity contribution >= 4 is 23.6 Å². The molecule has 0 saturated carbocycles. The predicted octanol–water partition coefficient (Wildman–Crippen LogP) is 2.45. The fraction of sp³-hybridized carbons (Fsp3) is 0.882. The number of hydrogen-bond acceptors (Lipinski definition) is 4. The van der Waals surface area contributed by atoms with Crippen molar-refractivity contribution < 1.29 is 9.59 Å². The van der Waals surface area contributed by atoms with Gasteiger partial charge in [-0.2, -0.15) is 11.8 Å². The summed E-state index contributed by atoms with van der Waals surface area (Å²) < 4.78 is 0. The summed E-state index contributed by atoms with van der Waals surface area (Å²) in [6, 6.07) is 0.561. The summed E-state index contributed by atoms with van der Waals surface area (Å²) in [5.41, 5.74) is 0.129. The van der Waals surface area contributed by atoms with Crippen LogP contribution in [0, 0.1) is 0 Å². The first-order chi connectivity index (χ1) is 10.8. The SMILES string of the molecule is CC(C)(C)NCCCC(=O)CCCCC1SCC2NC(=O)NC21. The van der Waals surface area contributed by atoms with Crippen LogP contribution in [-0.4, -0.2) is 47.0 Å². The molecule has 2 heterocycles. The third-order valence-corrected chi connectivity index (χ3v) is 5.93. The van der Waals surface area contributed by atoms with Crippen LogP contribution in [0.3, 0.4) is 0 Å². The Morgan fingerprint density at radius 1 is 1.22 bits per heavy atom. The average molecular weight is 342 g/mol. The average Bonchev–Trinajstić information content (AvgIpc) is 2.98. The van der Waals surface area contributed by atoms with Crippen LogP contribution in [0.5, 0.6) is 0 Å².